The summed E-state index contributed by atoms with van der Waals surface area (Å²) in [6, 6.07) is 7.69. The fraction of sp³-hybridized carbons (Fsp3) is 0.333. The van der Waals surface area contributed by atoms with Crippen molar-refractivity contribution >= 4 is 5.91 Å². The predicted molar refractivity (Wildman–Crippen MR) is 78.4 cm³/mol. The largest absolute Gasteiger partial charge is 0.352 e. The number of rotatable bonds is 7. The monoisotopic (exact) mass is 272 g/mol. The van der Waals surface area contributed by atoms with Gasteiger partial charge in [0.25, 0.3) is 5.91 Å². The first-order valence-electron chi connectivity index (χ1n) is 6.83. The van der Waals surface area contributed by atoms with Gasteiger partial charge in [-0.25, -0.2) is 4.98 Å². The van der Waals surface area contributed by atoms with Gasteiger partial charge >= 0.3 is 0 Å². The van der Waals surface area contributed by atoms with Crippen molar-refractivity contribution in [2.24, 2.45) is 0 Å². The highest BCUT2D eigenvalue weighted by atomic mass is 16.1. The average Bonchev–Trinajstić information content (AvgIpc) is 2.97. The van der Waals surface area contributed by atoms with E-state index in [9.17, 15) is 4.79 Å². The van der Waals surface area contributed by atoms with Crippen LogP contribution >= 0.6 is 0 Å². The normalized spacial score (nSPS) is 10.4. The maximum absolute atomic E-state index is 11.7. The third kappa shape index (κ3) is 4.20. The van der Waals surface area contributed by atoms with Gasteiger partial charge in [0.1, 0.15) is 0 Å². The Morgan fingerprint density at radius 1 is 1.40 bits per heavy atom. The van der Waals surface area contributed by atoms with E-state index in [1.165, 1.54) is 0 Å². The molecule has 20 heavy (non-hydrogen) atoms. The molecule has 0 radical (unpaired) electrons. The van der Waals surface area contributed by atoms with Crippen molar-refractivity contribution in [2.75, 3.05) is 13.1 Å². The molecule has 0 saturated heterocycles. The van der Waals surface area contributed by atoms with E-state index in [-0.39, 0.29) is 5.91 Å². The Kier molecular flexibility index (Phi) is 5.32. The number of benzene rings is 1. The molecule has 5 nitrogen and oxygen atoms in total. The van der Waals surface area contributed by atoms with E-state index in [4.69, 9.17) is 0 Å². The second kappa shape index (κ2) is 7.45. The van der Waals surface area contributed by atoms with E-state index in [2.05, 4.69) is 15.6 Å². The summed E-state index contributed by atoms with van der Waals surface area (Å²) in [5.74, 6) is -0.0206. The zero-order chi connectivity index (χ0) is 14.2. The third-order valence-corrected chi connectivity index (χ3v) is 2.96. The van der Waals surface area contributed by atoms with Gasteiger partial charge in [0, 0.05) is 44.1 Å². The minimum Gasteiger partial charge on any atom is -0.352 e. The molecule has 0 aliphatic carbocycles. The van der Waals surface area contributed by atoms with Crippen molar-refractivity contribution in [3.63, 3.8) is 0 Å². The van der Waals surface area contributed by atoms with E-state index in [0.717, 1.165) is 25.2 Å². The van der Waals surface area contributed by atoms with Gasteiger partial charge in [-0.2, -0.15) is 0 Å². The Hall–Kier alpha value is -2.14. The van der Waals surface area contributed by atoms with Crippen LogP contribution in [0, 0.1) is 0 Å². The minimum atomic E-state index is -0.0206. The lowest BCUT2D eigenvalue weighted by Crippen LogP contribution is -2.23. The van der Waals surface area contributed by atoms with Crippen molar-refractivity contribution in [1.82, 2.24) is 20.2 Å². The molecule has 0 aliphatic rings. The molecule has 0 bridgehead atoms. The minimum absolute atomic E-state index is 0.0206. The van der Waals surface area contributed by atoms with Crippen LogP contribution in [0.2, 0.25) is 0 Å². The number of imidazole rings is 1. The average molecular weight is 272 g/mol. The summed E-state index contributed by atoms with van der Waals surface area (Å²) in [5.41, 5.74) is 1.82. The van der Waals surface area contributed by atoms with Gasteiger partial charge in [-0.3, -0.25) is 4.79 Å². The smallest absolute Gasteiger partial charge is 0.251 e. The first-order chi connectivity index (χ1) is 9.79. The Morgan fingerprint density at radius 3 is 3.05 bits per heavy atom. The number of nitrogens with one attached hydrogen (secondary N) is 2. The molecule has 2 rings (SSSR count). The van der Waals surface area contributed by atoms with Crippen molar-refractivity contribution in [1.29, 1.82) is 0 Å². The van der Waals surface area contributed by atoms with Gasteiger partial charge in [-0.1, -0.05) is 12.1 Å². The first-order valence-corrected chi connectivity index (χ1v) is 6.83. The second-order valence-corrected chi connectivity index (χ2v) is 4.54. The van der Waals surface area contributed by atoms with Gasteiger partial charge in [0.2, 0.25) is 0 Å². The van der Waals surface area contributed by atoms with E-state index in [1.807, 2.05) is 42.0 Å². The predicted octanol–water partition coefficient (Wildman–Crippen LogP) is 1.42. The summed E-state index contributed by atoms with van der Waals surface area (Å²) in [7, 11) is 0. The molecular formula is C15H20N4O. The zero-order valence-electron chi connectivity index (χ0n) is 11.7. The van der Waals surface area contributed by atoms with Crippen molar-refractivity contribution in [3.8, 4) is 0 Å². The molecule has 0 unspecified atom stereocenters. The summed E-state index contributed by atoms with van der Waals surface area (Å²) in [4.78, 5) is 15.7. The molecule has 1 amide bonds. The number of carbonyl (C=O) groups excluding carboxylic acids is 1. The fourth-order valence-corrected chi connectivity index (χ4v) is 1.95. The summed E-state index contributed by atoms with van der Waals surface area (Å²) in [5, 5.41) is 6.16. The molecule has 1 aromatic carbocycles. The third-order valence-electron chi connectivity index (χ3n) is 2.96. The highest BCUT2D eigenvalue weighted by Crippen LogP contribution is 2.05. The number of nitrogens with zero attached hydrogens (tertiary/aromatic N) is 2. The molecule has 2 aromatic rings. The number of hydrogen-bond acceptors (Lipinski definition) is 3. The number of carbonyl (C=O) groups is 1. The Bertz CT molecular complexity index is 537. The lowest BCUT2D eigenvalue weighted by atomic mass is 10.1. The highest BCUT2D eigenvalue weighted by Gasteiger charge is 2.04. The van der Waals surface area contributed by atoms with Crippen LogP contribution in [0.15, 0.2) is 43.0 Å². The van der Waals surface area contributed by atoms with Crippen LogP contribution in [-0.4, -0.2) is 28.5 Å². The maximum atomic E-state index is 11.7. The fourth-order valence-electron chi connectivity index (χ4n) is 1.95. The second-order valence-electron chi connectivity index (χ2n) is 4.54. The molecule has 0 saturated carbocycles. The topological polar surface area (TPSA) is 59.0 Å². The van der Waals surface area contributed by atoms with Gasteiger partial charge in [0.15, 0.2) is 0 Å². The van der Waals surface area contributed by atoms with Crippen LogP contribution in [0.1, 0.15) is 22.8 Å². The van der Waals surface area contributed by atoms with Gasteiger partial charge in [-0.15, -0.1) is 0 Å². The summed E-state index contributed by atoms with van der Waals surface area (Å²) >= 11 is 0. The molecule has 1 heterocycles. The standard InChI is InChI=1S/C15H20N4O/c1-2-18-15(20)14-5-3-4-13(10-14)11-16-6-8-19-9-7-17-12-19/h3-5,7,9-10,12,16H,2,6,8,11H2,1H3,(H,18,20). The van der Waals surface area contributed by atoms with Crippen LogP contribution < -0.4 is 10.6 Å². The summed E-state index contributed by atoms with van der Waals surface area (Å²) < 4.78 is 2.03. The summed E-state index contributed by atoms with van der Waals surface area (Å²) in [6.07, 6.45) is 5.52. The number of amides is 1. The number of aromatic nitrogens is 2. The van der Waals surface area contributed by atoms with Gasteiger partial charge in [-0.05, 0) is 24.6 Å². The molecule has 0 spiro atoms. The molecule has 0 atom stereocenters. The van der Waals surface area contributed by atoms with Crippen LogP contribution in [-0.2, 0) is 13.1 Å². The molecule has 5 heteroatoms. The summed E-state index contributed by atoms with van der Waals surface area (Å²) in [6.45, 7) is 5.06. The molecule has 106 valence electrons. The Balaban J connectivity index is 1.80. The van der Waals surface area contributed by atoms with E-state index in [0.29, 0.717) is 12.1 Å². The van der Waals surface area contributed by atoms with E-state index in [1.54, 1.807) is 12.5 Å². The Morgan fingerprint density at radius 2 is 2.30 bits per heavy atom. The van der Waals surface area contributed by atoms with Crippen LogP contribution in [0.4, 0.5) is 0 Å². The van der Waals surface area contributed by atoms with Crippen molar-refractivity contribution in [3.05, 3.63) is 54.1 Å². The quantitative estimate of drug-likeness (QED) is 0.750. The van der Waals surface area contributed by atoms with Gasteiger partial charge in [0.05, 0.1) is 6.33 Å². The van der Waals surface area contributed by atoms with Gasteiger partial charge < -0.3 is 15.2 Å². The zero-order valence-corrected chi connectivity index (χ0v) is 11.7. The lowest BCUT2D eigenvalue weighted by molar-refractivity contribution is 0.0955. The maximum Gasteiger partial charge on any atom is 0.251 e. The van der Waals surface area contributed by atoms with Crippen LogP contribution in [0.25, 0.3) is 0 Å². The Labute approximate surface area is 119 Å². The molecule has 2 N–H and O–H groups in total. The van der Waals surface area contributed by atoms with Crippen molar-refractivity contribution < 1.29 is 4.79 Å². The lowest BCUT2D eigenvalue weighted by Gasteiger charge is -2.07. The SMILES string of the molecule is CCNC(=O)c1cccc(CNCCn2ccnc2)c1. The molecule has 1 aromatic heterocycles. The first kappa shape index (κ1) is 14.3. The molecule has 0 fully saturated rings. The number of hydrogen-bond donors (Lipinski definition) is 2. The molecular weight excluding hydrogens is 252 g/mol. The van der Waals surface area contributed by atoms with E-state index >= 15 is 0 Å². The van der Waals surface area contributed by atoms with Crippen molar-refractivity contribution in [2.45, 2.75) is 20.0 Å². The highest BCUT2D eigenvalue weighted by molar-refractivity contribution is 5.94. The van der Waals surface area contributed by atoms with E-state index < -0.39 is 0 Å². The van der Waals surface area contributed by atoms with Crippen LogP contribution in [0.3, 0.4) is 0 Å². The van der Waals surface area contributed by atoms with Crippen LogP contribution in [0.5, 0.6) is 0 Å². The molecule has 0 aliphatic heterocycles.